The van der Waals surface area contributed by atoms with Crippen molar-refractivity contribution in [1.82, 2.24) is 15.5 Å². The summed E-state index contributed by atoms with van der Waals surface area (Å²) in [6, 6.07) is 0.00650. The highest BCUT2D eigenvalue weighted by atomic mass is 16.2. The summed E-state index contributed by atoms with van der Waals surface area (Å²) in [7, 11) is 0. The van der Waals surface area contributed by atoms with Gasteiger partial charge in [-0.05, 0) is 31.6 Å². The van der Waals surface area contributed by atoms with Gasteiger partial charge in [0.15, 0.2) is 0 Å². The monoisotopic (exact) mass is 281 g/mol. The van der Waals surface area contributed by atoms with Crippen LogP contribution in [-0.2, 0) is 4.79 Å². The van der Waals surface area contributed by atoms with Crippen LogP contribution in [0.15, 0.2) is 0 Å². The first-order chi connectivity index (χ1) is 9.66. The number of amides is 3. The first kappa shape index (κ1) is 15.1. The molecule has 2 aliphatic rings. The van der Waals surface area contributed by atoms with E-state index in [1.165, 1.54) is 12.8 Å². The molecule has 2 rings (SSSR count). The lowest BCUT2D eigenvalue weighted by Gasteiger charge is -2.30. The van der Waals surface area contributed by atoms with E-state index in [1.807, 2.05) is 4.90 Å². The van der Waals surface area contributed by atoms with Crippen LogP contribution in [0.2, 0.25) is 0 Å². The standard InChI is InChI=1S/C15H27N3O2/c1-12-6-10-18(11-7-12)15(20)17-9-8-16-14(19)13-4-2-3-5-13/h12-13H,2-11H2,1H3,(H,16,19)(H,17,20). The molecule has 1 saturated heterocycles. The Labute approximate surface area is 121 Å². The smallest absolute Gasteiger partial charge is 0.317 e. The van der Waals surface area contributed by atoms with Crippen molar-refractivity contribution < 1.29 is 9.59 Å². The number of piperidine rings is 1. The molecular formula is C15H27N3O2. The molecule has 0 aromatic carbocycles. The molecule has 0 bridgehead atoms. The summed E-state index contributed by atoms with van der Waals surface area (Å²) < 4.78 is 0. The van der Waals surface area contributed by atoms with Gasteiger partial charge in [0.1, 0.15) is 0 Å². The quantitative estimate of drug-likeness (QED) is 0.771. The Hall–Kier alpha value is -1.26. The van der Waals surface area contributed by atoms with Crippen LogP contribution in [0.5, 0.6) is 0 Å². The fourth-order valence-electron chi connectivity index (χ4n) is 3.01. The molecule has 0 atom stereocenters. The molecular weight excluding hydrogens is 254 g/mol. The lowest BCUT2D eigenvalue weighted by Crippen LogP contribution is -2.46. The summed E-state index contributed by atoms with van der Waals surface area (Å²) in [6.07, 6.45) is 6.55. The Kier molecular flexibility index (Phi) is 5.68. The van der Waals surface area contributed by atoms with E-state index in [9.17, 15) is 9.59 Å². The van der Waals surface area contributed by atoms with Crippen molar-refractivity contribution in [3.8, 4) is 0 Å². The second-order valence-electron chi connectivity index (χ2n) is 6.17. The van der Waals surface area contributed by atoms with Crippen molar-refractivity contribution in [3.63, 3.8) is 0 Å². The van der Waals surface area contributed by atoms with Crippen molar-refractivity contribution in [3.05, 3.63) is 0 Å². The van der Waals surface area contributed by atoms with Crippen LogP contribution in [0.3, 0.4) is 0 Å². The molecule has 5 heteroatoms. The van der Waals surface area contributed by atoms with Crippen LogP contribution in [0.25, 0.3) is 0 Å². The first-order valence-electron chi connectivity index (χ1n) is 7.97. The van der Waals surface area contributed by atoms with Gasteiger partial charge < -0.3 is 15.5 Å². The number of likely N-dealkylation sites (tertiary alicyclic amines) is 1. The topological polar surface area (TPSA) is 61.4 Å². The van der Waals surface area contributed by atoms with Crippen molar-refractivity contribution in [2.45, 2.75) is 45.4 Å². The maximum absolute atomic E-state index is 11.9. The summed E-state index contributed by atoms with van der Waals surface area (Å²) in [4.78, 5) is 25.6. The molecule has 0 aromatic rings. The van der Waals surface area contributed by atoms with Crippen LogP contribution in [0.1, 0.15) is 45.4 Å². The van der Waals surface area contributed by atoms with E-state index >= 15 is 0 Å². The normalized spacial score (nSPS) is 20.9. The highest BCUT2D eigenvalue weighted by Gasteiger charge is 2.22. The zero-order valence-electron chi connectivity index (χ0n) is 12.5. The van der Waals surface area contributed by atoms with Crippen molar-refractivity contribution >= 4 is 11.9 Å². The molecule has 1 aliphatic carbocycles. The zero-order chi connectivity index (χ0) is 14.4. The number of rotatable bonds is 4. The molecule has 0 radical (unpaired) electrons. The summed E-state index contributed by atoms with van der Waals surface area (Å²) in [5, 5.41) is 5.80. The second-order valence-corrected chi connectivity index (χ2v) is 6.17. The van der Waals surface area contributed by atoms with Crippen molar-refractivity contribution in [2.24, 2.45) is 11.8 Å². The number of carbonyl (C=O) groups is 2. The molecule has 1 saturated carbocycles. The largest absolute Gasteiger partial charge is 0.354 e. The third-order valence-electron chi connectivity index (χ3n) is 4.50. The van der Waals surface area contributed by atoms with Gasteiger partial charge in [-0.1, -0.05) is 19.8 Å². The van der Waals surface area contributed by atoms with Gasteiger partial charge >= 0.3 is 6.03 Å². The van der Waals surface area contributed by atoms with Gasteiger partial charge in [0.2, 0.25) is 5.91 Å². The number of hydrogen-bond donors (Lipinski definition) is 2. The van der Waals surface area contributed by atoms with E-state index in [0.717, 1.165) is 44.7 Å². The van der Waals surface area contributed by atoms with E-state index in [1.54, 1.807) is 0 Å². The first-order valence-corrected chi connectivity index (χ1v) is 7.97. The maximum Gasteiger partial charge on any atom is 0.317 e. The van der Waals surface area contributed by atoms with Gasteiger partial charge in [-0.15, -0.1) is 0 Å². The van der Waals surface area contributed by atoms with E-state index in [-0.39, 0.29) is 17.9 Å². The molecule has 1 heterocycles. The molecule has 2 N–H and O–H groups in total. The summed E-state index contributed by atoms with van der Waals surface area (Å²) in [5.74, 6) is 1.09. The summed E-state index contributed by atoms with van der Waals surface area (Å²) in [6.45, 7) is 4.98. The highest BCUT2D eigenvalue weighted by molar-refractivity contribution is 5.79. The lowest BCUT2D eigenvalue weighted by molar-refractivity contribution is -0.124. The van der Waals surface area contributed by atoms with Crippen LogP contribution in [-0.4, -0.2) is 43.0 Å². The summed E-state index contributed by atoms with van der Waals surface area (Å²) >= 11 is 0. The third kappa shape index (κ3) is 4.39. The highest BCUT2D eigenvalue weighted by Crippen LogP contribution is 2.24. The van der Waals surface area contributed by atoms with Crippen molar-refractivity contribution in [2.75, 3.05) is 26.2 Å². The number of hydrogen-bond acceptors (Lipinski definition) is 2. The van der Waals surface area contributed by atoms with Gasteiger partial charge in [-0.25, -0.2) is 4.79 Å². The van der Waals surface area contributed by atoms with Crippen LogP contribution in [0, 0.1) is 11.8 Å². The fraction of sp³-hybridized carbons (Fsp3) is 0.867. The van der Waals surface area contributed by atoms with E-state index in [2.05, 4.69) is 17.6 Å². The fourth-order valence-corrected chi connectivity index (χ4v) is 3.01. The van der Waals surface area contributed by atoms with Gasteiger partial charge in [0.25, 0.3) is 0 Å². The van der Waals surface area contributed by atoms with Gasteiger partial charge in [-0.2, -0.15) is 0 Å². The summed E-state index contributed by atoms with van der Waals surface area (Å²) in [5.41, 5.74) is 0. The van der Waals surface area contributed by atoms with Crippen molar-refractivity contribution in [1.29, 1.82) is 0 Å². The minimum Gasteiger partial charge on any atom is -0.354 e. The van der Waals surface area contributed by atoms with Gasteiger partial charge in [-0.3, -0.25) is 4.79 Å². The van der Waals surface area contributed by atoms with E-state index in [0.29, 0.717) is 13.1 Å². The van der Waals surface area contributed by atoms with E-state index in [4.69, 9.17) is 0 Å². The Morgan fingerprint density at radius 3 is 2.25 bits per heavy atom. The molecule has 2 fully saturated rings. The third-order valence-corrected chi connectivity index (χ3v) is 4.50. The minimum atomic E-state index is 0.00650. The molecule has 0 unspecified atom stereocenters. The van der Waals surface area contributed by atoms with Crippen LogP contribution in [0.4, 0.5) is 4.79 Å². The molecule has 20 heavy (non-hydrogen) atoms. The zero-order valence-corrected chi connectivity index (χ0v) is 12.5. The minimum absolute atomic E-state index is 0.00650. The lowest BCUT2D eigenvalue weighted by atomic mass is 10.00. The van der Waals surface area contributed by atoms with Crippen LogP contribution < -0.4 is 10.6 Å². The Morgan fingerprint density at radius 1 is 1.00 bits per heavy atom. The Morgan fingerprint density at radius 2 is 1.60 bits per heavy atom. The van der Waals surface area contributed by atoms with E-state index < -0.39 is 0 Å². The maximum atomic E-state index is 11.9. The number of carbonyl (C=O) groups excluding carboxylic acids is 2. The SMILES string of the molecule is CC1CCN(C(=O)NCCNC(=O)C2CCCC2)CC1. The van der Waals surface area contributed by atoms with Crippen LogP contribution >= 0.6 is 0 Å². The average Bonchev–Trinajstić information content (AvgIpc) is 2.98. The molecule has 0 spiro atoms. The van der Waals surface area contributed by atoms with Gasteiger partial charge in [0, 0.05) is 32.1 Å². The average molecular weight is 281 g/mol. The Balaban J connectivity index is 1.56. The number of nitrogens with zero attached hydrogens (tertiary/aromatic N) is 1. The molecule has 114 valence electrons. The predicted molar refractivity (Wildman–Crippen MR) is 78.3 cm³/mol. The second kappa shape index (κ2) is 7.50. The predicted octanol–water partition coefficient (Wildman–Crippen LogP) is 1.73. The molecule has 0 aromatic heterocycles. The number of nitrogens with one attached hydrogen (secondary N) is 2. The molecule has 5 nitrogen and oxygen atoms in total. The Bertz CT molecular complexity index is 332. The number of urea groups is 1. The van der Waals surface area contributed by atoms with Gasteiger partial charge in [0.05, 0.1) is 0 Å². The molecule has 3 amide bonds. The molecule has 1 aliphatic heterocycles.